The number of aliphatic hydroxyl groups excluding tert-OH is 1. The molecule has 13 heavy (non-hydrogen) atoms. The molecule has 0 bridgehead atoms. The molecule has 0 unspecified atom stereocenters. The van der Waals surface area contributed by atoms with Crippen LogP contribution in [0, 0.1) is 11.8 Å². The Kier molecular flexibility index (Phi) is 4.22. The molecule has 0 amide bonds. The van der Waals surface area contributed by atoms with E-state index in [1.807, 2.05) is 0 Å². The Morgan fingerprint density at radius 3 is 2.38 bits per heavy atom. The normalized spacial score (nSPS) is 21.3. The van der Waals surface area contributed by atoms with E-state index >= 15 is 0 Å². The maximum atomic E-state index is 10.6. The Hall–Kier alpha value is -0.570. The molecule has 0 heterocycles. The van der Waals surface area contributed by atoms with Crippen molar-refractivity contribution in [3.05, 3.63) is 0 Å². The van der Waals surface area contributed by atoms with Crippen molar-refractivity contribution in [2.75, 3.05) is 6.61 Å². The first-order chi connectivity index (χ1) is 6.24. The molecule has 1 rings (SSSR count). The van der Waals surface area contributed by atoms with Gasteiger partial charge >= 0.3 is 5.97 Å². The second-order valence-corrected chi connectivity index (χ2v) is 3.96. The van der Waals surface area contributed by atoms with Gasteiger partial charge in [0, 0.05) is 0 Å². The van der Waals surface area contributed by atoms with Gasteiger partial charge in [-0.15, -0.1) is 0 Å². The smallest absolute Gasteiger partial charge is 0.308 e. The maximum absolute atomic E-state index is 10.6. The number of aliphatic hydroxyl groups is 1. The minimum atomic E-state index is -0.854. The van der Waals surface area contributed by atoms with Crippen LogP contribution in [0.5, 0.6) is 0 Å². The zero-order chi connectivity index (χ0) is 9.68. The molecule has 76 valence electrons. The fourth-order valence-corrected chi connectivity index (χ4v) is 2.08. The molecule has 1 aliphatic carbocycles. The average Bonchev–Trinajstić information content (AvgIpc) is 2.15. The van der Waals surface area contributed by atoms with Gasteiger partial charge in [-0.3, -0.25) is 4.79 Å². The molecule has 0 aliphatic heterocycles. The Morgan fingerprint density at radius 1 is 1.31 bits per heavy atom. The van der Waals surface area contributed by atoms with E-state index in [1.165, 1.54) is 19.3 Å². The highest BCUT2D eigenvalue weighted by Gasteiger charge is 2.22. The molecular formula is C10H18O3. The van der Waals surface area contributed by atoms with Crippen LogP contribution in [-0.2, 0) is 4.79 Å². The Balaban J connectivity index is 2.31. The first-order valence-electron chi connectivity index (χ1n) is 5.07. The molecule has 0 spiro atoms. The van der Waals surface area contributed by atoms with Gasteiger partial charge < -0.3 is 10.2 Å². The van der Waals surface area contributed by atoms with E-state index in [-0.39, 0.29) is 6.61 Å². The van der Waals surface area contributed by atoms with Gasteiger partial charge in [0.25, 0.3) is 0 Å². The number of hydrogen-bond donors (Lipinski definition) is 2. The van der Waals surface area contributed by atoms with Gasteiger partial charge in [-0.05, 0) is 12.3 Å². The summed E-state index contributed by atoms with van der Waals surface area (Å²) in [6.07, 6.45) is 6.68. The van der Waals surface area contributed by atoms with Crippen molar-refractivity contribution in [2.24, 2.45) is 11.8 Å². The molecule has 0 aromatic carbocycles. The standard InChI is InChI=1S/C10H18O3/c11-7-9(10(12)13)6-8-4-2-1-3-5-8/h8-9,11H,1-7H2,(H,12,13)/t9-/m0/s1. The number of carboxylic acids is 1. The summed E-state index contributed by atoms with van der Waals surface area (Å²) in [6, 6.07) is 0. The second kappa shape index (κ2) is 5.22. The van der Waals surface area contributed by atoms with E-state index in [4.69, 9.17) is 10.2 Å². The number of carboxylic acid groups (broad SMARTS) is 1. The third-order valence-corrected chi connectivity index (χ3v) is 2.91. The summed E-state index contributed by atoms with van der Waals surface area (Å²) in [5.74, 6) is -0.863. The lowest BCUT2D eigenvalue weighted by atomic mass is 9.83. The molecule has 3 nitrogen and oxygen atoms in total. The van der Waals surface area contributed by atoms with Gasteiger partial charge in [0.15, 0.2) is 0 Å². The third-order valence-electron chi connectivity index (χ3n) is 2.91. The zero-order valence-electron chi connectivity index (χ0n) is 7.91. The van der Waals surface area contributed by atoms with Crippen LogP contribution >= 0.6 is 0 Å². The fourth-order valence-electron chi connectivity index (χ4n) is 2.08. The monoisotopic (exact) mass is 186 g/mol. The Bertz CT molecular complexity index is 162. The average molecular weight is 186 g/mol. The van der Waals surface area contributed by atoms with Crippen LogP contribution in [0.3, 0.4) is 0 Å². The van der Waals surface area contributed by atoms with Gasteiger partial charge in [0.05, 0.1) is 12.5 Å². The lowest BCUT2D eigenvalue weighted by molar-refractivity contribution is -0.143. The van der Waals surface area contributed by atoms with Gasteiger partial charge in [0.1, 0.15) is 0 Å². The molecular weight excluding hydrogens is 168 g/mol. The largest absolute Gasteiger partial charge is 0.481 e. The lowest BCUT2D eigenvalue weighted by Crippen LogP contribution is -2.22. The van der Waals surface area contributed by atoms with E-state index in [0.717, 1.165) is 12.8 Å². The van der Waals surface area contributed by atoms with Crippen molar-refractivity contribution in [2.45, 2.75) is 38.5 Å². The predicted molar refractivity (Wildman–Crippen MR) is 49.4 cm³/mol. The van der Waals surface area contributed by atoms with Crippen molar-refractivity contribution >= 4 is 5.97 Å². The molecule has 1 atom stereocenters. The molecule has 1 fully saturated rings. The Morgan fingerprint density at radius 2 is 1.92 bits per heavy atom. The molecule has 3 heteroatoms. The minimum Gasteiger partial charge on any atom is -0.481 e. The molecule has 0 radical (unpaired) electrons. The minimum absolute atomic E-state index is 0.216. The van der Waals surface area contributed by atoms with Crippen molar-refractivity contribution in [1.29, 1.82) is 0 Å². The van der Waals surface area contributed by atoms with Crippen LogP contribution in [0.1, 0.15) is 38.5 Å². The van der Waals surface area contributed by atoms with Gasteiger partial charge in [0.2, 0.25) is 0 Å². The summed E-state index contributed by atoms with van der Waals surface area (Å²) >= 11 is 0. The first-order valence-corrected chi connectivity index (χ1v) is 5.07. The van der Waals surface area contributed by atoms with Crippen LogP contribution in [0.15, 0.2) is 0 Å². The summed E-state index contributed by atoms with van der Waals surface area (Å²) < 4.78 is 0. The van der Waals surface area contributed by atoms with E-state index in [2.05, 4.69) is 0 Å². The molecule has 0 aromatic heterocycles. The highest BCUT2D eigenvalue weighted by Crippen LogP contribution is 2.28. The third kappa shape index (κ3) is 3.35. The van der Waals surface area contributed by atoms with Crippen LogP contribution in [0.25, 0.3) is 0 Å². The lowest BCUT2D eigenvalue weighted by Gasteiger charge is -2.23. The zero-order valence-corrected chi connectivity index (χ0v) is 7.91. The van der Waals surface area contributed by atoms with Crippen LogP contribution in [0.4, 0.5) is 0 Å². The number of carbonyl (C=O) groups is 1. The van der Waals surface area contributed by atoms with E-state index in [0.29, 0.717) is 12.3 Å². The highest BCUT2D eigenvalue weighted by atomic mass is 16.4. The Labute approximate surface area is 78.8 Å². The first kappa shape index (κ1) is 10.5. The summed E-state index contributed by atoms with van der Waals surface area (Å²) in [4.78, 5) is 10.6. The van der Waals surface area contributed by atoms with Crippen molar-refractivity contribution in [3.8, 4) is 0 Å². The number of aliphatic carboxylic acids is 1. The topological polar surface area (TPSA) is 57.5 Å². The van der Waals surface area contributed by atoms with Crippen molar-refractivity contribution < 1.29 is 15.0 Å². The second-order valence-electron chi connectivity index (χ2n) is 3.96. The summed E-state index contributed by atoms with van der Waals surface area (Å²) in [7, 11) is 0. The van der Waals surface area contributed by atoms with Crippen LogP contribution in [-0.4, -0.2) is 22.8 Å². The van der Waals surface area contributed by atoms with E-state index in [9.17, 15) is 4.79 Å². The van der Waals surface area contributed by atoms with Crippen molar-refractivity contribution in [1.82, 2.24) is 0 Å². The number of hydrogen-bond acceptors (Lipinski definition) is 2. The summed E-state index contributed by atoms with van der Waals surface area (Å²) in [5, 5.41) is 17.6. The van der Waals surface area contributed by atoms with E-state index in [1.54, 1.807) is 0 Å². The molecule has 0 aromatic rings. The quantitative estimate of drug-likeness (QED) is 0.701. The molecule has 0 saturated heterocycles. The fraction of sp³-hybridized carbons (Fsp3) is 0.900. The van der Waals surface area contributed by atoms with Gasteiger partial charge in [-0.25, -0.2) is 0 Å². The molecule has 1 aliphatic rings. The number of rotatable bonds is 4. The van der Waals surface area contributed by atoms with E-state index < -0.39 is 11.9 Å². The van der Waals surface area contributed by atoms with Crippen LogP contribution < -0.4 is 0 Å². The summed E-state index contributed by atoms with van der Waals surface area (Å²) in [6.45, 7) is -0.216. The molecule has 1 saturated carbocycles. The van der Waals surface area contributed by atoms with Crippen LogP contribution in [0.2, 0.25) is 0 Å². The SMILES string of the molecule is O=C(O)[C@H](CO)CC1CCCCC1. The van der Waals surface area contributed by atoms with Gasteiger partial charge in [-0.2, -0.15) is 0 Å². The maximum Gasteiger partial charge on any atom is 0.308 e. The molecule has 2 N–H and O–H groups in total. The van der Waals surface area contributed by atoms with Crippen molar-refractivity contribution in [3.63, 3.8) is 0 Å². The van der Waals surface area contributed by atoms with Gasteiger partial charge in [-0.1, -0.05) is 32.1 Å². The highest BCUT2D eigenvalue weighted by molar-refractivity contribution is 5.70. The summed E-state index contributed by atoms with van der Waals surface area (Å²) in [5.41, 5.74) is 0. The predicted octanol–water partition coefficient (Wildman–Crippen LogP) is 1.65.